The zero-order valence-electron chi connectivity index (χ0n) is 14.9. The molecule has 0 unspecified atom stereocenters. The Morgan fingerprint density at radius 2 is 1.68 bits per heavy atom. The van der Waals surface area contributed by atoms with E-state index in [-0.39, 0.29) is 0 Å². The minimum atomic E-state index is 0.726. The van der Waals surface area contributed by atoms with E-state index in [0.717, 1.165) is 67.7 Å². The largest absolute Gasteiger partial charge is 0.491 e. The number of furan rings is 1. The number of unbranched alkanes of at least 4 members (excludes halogenated alkanes) is 2. The molecule has 1 aromatic heterocycles. The summed E-state index contributed by atoms with van der Waals surface area (Å²) in [5.41, 5.74) is 0. The lowest BCUT2D eigenvalue weighted by atomic mass is 10.2. The molecule has 0 saturated carbocycles. The molecule has 0 amide bonds. The van der Waals surface area contributed by atoms with Crippen molar-refractivity contribution in [3.05, 3.63) is 49.2 Å². The molecule has 25 heavy (non-hydrogen) atoms. The molecule has 0 aliphatic heterocycles. The van der Waals surface area contributed by atoms with Crippen LogP contribution in [0.4, 0.5) is 0 Å². The van der Waals surface area contributed by atoms with E-state index in [2.05, 4.69) is 68.0 Å². The summed E-state index contributed by atoms with van der Waals surface area (Å²) < 4.78 is 15.5. The average Bonchev–Trinajstić information content (AvgIpc) is 2.88. The van der Waals surface area contributed by atoms with Crippen LogP contribution in [-0.2, 0) is 6.54 Å². The third kappa shape index (κ3) is 7.08. The van der Waals surface area contributed by atoms with Crippen LogP contribution in [0.5, 0.6) is 5.75 Å². The lowest BCUT2D eigenvalue weighted by Gasteiger charge is -2.28. The van der Waals surface area contributed by atoms with Crippen molar-refractivity contribution in [3.8, 4) is 5.75 Å². The number of quaternary nitrogens is 1. The van der Waals surface area contributed by atoms with E-state index >= 15 is 0 Å². The SMILES string of the molecule is Cc1ccc(C[N+](C)(C)CCCCCOc2c(Br)cc(Br)cc2Br)o1. The molecule has 0 bridgehead atoms. The van der Waals surface area contributed by atoms with Crippen molar-refractivity contribution in [3.63, 3.8) is 0 Å². The Labute approximate surface area is 175 Å². The molecule has 2 rings (SSSR count). The van der Waals surface area contributed by atoms with Crippen molar-refractivity contribution in [1.82, 2.24) is 0 Å². The molecule has 0 aliphatic carbocycles. The van der Waals surface area contributed by atoms with Crippen LogP contribution in [0.3, 0.4) is 0 Å². The molecule has 0 aliphatic rings. The van der Waals surface area contributed by atoms with Gasteiger partial charge in [0.05, 0.1) is 36.2 Å². The second-order valence-corrected chi connectivity index (χ2v) is 9.56. The summed E-state index contributed by atoms with van der Waals surface area (Å²) in [7, 11) is 4.51. The van der Waals surface area contributed by atoms with E-state index in [1.807, 2.05) is 25.1 Å². The van der Waals surface area contributed by atoms with Gasteiger partial charge < -0.3 is 13.6 Å². The van der Waals surface area contributed by atoms with Crippen LogP contribution in [-0.4, -0.2) is 31.7 Å². The van der Waals surface area contributed by atoms with Gasteiger partial charge in [0.25, 0.3) is 0 Å². The molecule has 0 spiro atoms. The fourth-order valence-corrected chi connectivity index (χ4v) is 5.22. The maximum Gasteiger partial charge on any atom is 0.158 e. The highest BCUT2D eigenvalue weighted by atomic mass is 79.9. The molecule has 1 heterocycles. The molecule has 0 N–H and O–H groups in total. The van der Waals surface area contributed by atoms with Gasteiger partial charge in [-0.15, -0.1) is 0 Å². The minimum Gasteiger partial charge on any atom is -0.491 e. The van der Waals surface area contributed by atoms with Gasteiger partial charge in [0.15, 0.2) is 5.76 Å². The van der Waals surface area contributed by atoms with Crippen molar-refractivity contribution in [2.45, 2.75) is 32.7 Å². The number of rotatable bonds is 9. The van der Waals surface area contributed by atoms with Crippen molar-refractivity contribution >= 4 is 47.8 Å². The lowest BCUT2D eigenvalue weighted by Crippen LogP contribution is -2.39. The van der Waals surface area contributed by atoms with E-state index in [4.69, 9.17) is 9.15 Å². The molecule has 6 heteroatoms. The summed E-state index contributed by atoms with van der Waals surface area (Å²) in [5, 5.41) is 0. The molecule has 0 fully saturated rings. The van der Waals surface area contributed by atoms with Crippen LogP contribution in [0, 0.1) is 6.92 Å². The van der Waals surface area contributed by atoms with Gasteiger partial charge in [-0.2, -0.15) is 0 Å². The van der Waals surface area contributed by atoms with Gasteiger partial charge in [-0.05, 0) is 82.3 Å². The number of nitrogens with zero attached hydrogens (tertiary/aromatic N) is 1. The zero-order valence-corrected chi connectivity index (χ0v) is 19.7. The number of hydrogen-bond donors (Lipinski definition) is 0. The van der Waals surface area contributed by atoms with E-state index in [1.165, 1.54) is 6.42 Å². The Balaban J connectivity index is 1.68. The predicted octanol–water partition coefficient (Wildman–Crippen LogP) is 6.70. The van der Waals surface area contributed by atoms with Crippen molar-refractivity contribution < 1.29 is 13.6 Å². The van der Waals surface area contributed by atoms with Crippen LogP contribution in [0.2, 0.25) is 0 Å². The number of aryl methyl sites for hydroxylation is 1. The average molecular weight is 539 g/mol. The van der Waals surface area contributed by atoms with E-state index < -0.39 is 0 Å². The highest BCUT2D eigenvalue weighted by Crippen LogP contribution is 2.36. The van der Waals surface area contributed by atoms with Crippen LogP contribution in [0.1, 0.15) is 30.8 Å². The predicted molar refractivity (Wildman–Crippen MR) is 113 cm³/mol. The first-order valence-electron chi connectivity index (χ1n) is 8.41. The third-order valence-corrected chi connectivity index (χ3v) is 5.63. The quantitative estimate of drug-likeness (QED) is 0.262. The summed E-state index contributed by atoms with van der Waals surface area (Å²) in [4.78, 5) is 0. The normalized spacial score (nSPS) is 11.8. The molecule has 138 valence electrons. The number of halogens is 3. The Bertz CT molecular complexity index is 675. The molecule has 0 saturated heterocycles. The molecular formula is C19H25Br3NO2+. The third-order valence-electron chi connectivity index (χ3n) is 4.00. The van der Waals surface area contributed by atoms with E-state index in [0.29, 0.717) is 0 Å². The van der Waals surface area contributed by atoms with Crippen LogP contribution in [0.25, 0.3) is 0 Å². The second-order valence-electron chi connectivity index (χ2n) is 6.94. The Morgan fingerprint density at radius 3 is 2.28 bits per heavy atom. The molecule has 2 aromatic rings. The lowest BCUT2D eigenvalue weighted by molar-refractivity contribution is -0.904. The van der Waals surface area contributed by atoms with Gasteiger partial charge in [-0.25, -0.2) is 0 Å². The second kappa shape index (κ2) is 9.58. The first-order chi connectivity index (χ1) is 11.8. The Hall–Kier alpha value is -0.300. The number of benzene rings is 1. The fraction of sp³-hybridized carbons (Fsp3) is 0.474. The van der Waals surface area contributed by atoms with Crippen LogP contribution < -0.4 is 4.74 Å². The van der Waals surface area contributed by atoms with Gasteiger partial charge in [-0.1, -0.05) is 15.9 Å². The van der Waals surface area contributed by atoms with E-state index in [1.54, 1.807) is 0 Å². The monoisotopic (exact) mass is 536 g/mol. The Morgan fingerprint density at radius 1 is 1.00 bits per heavy atom. The van der Waals surface area contributed by atoms with Crippen molar-refractivity contribution in [2.24, 2.45) is 0 Å². The molecule has 3 nitrogen and oxygen atoms in total. The summed E-state index contributed by atoms with van der Waals surface area (Å²) in [6, 6.07) is 8.11. The Kier molecular flexibility index (Phi) is 8.05. The van der Waals surface area contributed by atoms with Gasteiger partial charge in [0.1, 0.15) is 18.1 Å². The summed E-state index contributed by atoms with van der Waals surface area (Å²) in [6.45, 7) is 4.78. The topological polar surface area (TPSA) is 22.4 Å². The molecule has 0 radical (unpaired) electrons. The summed E-state index contributed by atoms with van der Waals surface area (Å²) in [6.07, 6.45) is 3.39. The summed E-state index contributed by atoms with van der Waals surface area (Å²) in [5.74, 6) is 2.92. The molecular weight excluding hydrogens is 514 g/mol. The molecule has 0 atom stereocenters. The van der Waals surface area contributed by atoms with Gasteiger partial charge in [0, 0.05) is 4.47 Å². The highest BCUT2D eigenvalue weighted by molar-refractivity contribution is 9.11. The van der Waals surface area contributed by atoms with Crippen molar-refractivity contribution in [1.29, 1.82) is 0 Å². The zero-order chi connectivity index (χ0) is 18.4. The van der Waals surface area contributed by atoms with Gasteiger partial charge in [0.2, 0.25) is 0 Å². The first-order valence-corrected chi connectivity index (χ1v) is 10.8. The number of hydrogen-bond acceptors (Lipinski definition) is 2. The maximum absolute atomic E-state index is 5.92. The highest BCUT2D eigenvalue weighted by Gasteiger charge is 2.17. The minimum absolute atomic E-state index is 0.726. The molecule has 1 aromatic carbocycles. The van der Waals surface area contributed by atoms with Crippen LogP contribution >= 0.6 is 47.8 Å². The van der Waals surface area contributed by atoms with Crippen molar-refractivity contribution in [2.75, 3.05) is 27.2 Å². The fourth-order valence-electron chi connectivity index (χ4n) is 2.73. The van der Waals surface area contributed by atoms with Gasteiger partial charge in [-0.3, -0.25) is 0 Å². The number of ether oxygens (including phenoxy) is 1. The standard InChI is InChI=1S/C19H25Br3NO2/c1-14-7-8-16(25-14)13-23(2,3)9-5-4-6-10-24-19-17(21)11-15(20)12-18(19)22/h7-8,11-12H,4-6,9-10,13H2,1-3H3/q+1. The van der Waals surface area contributed by atoms with E-state index in [9.17, 15) is 0 Å². The summed E-state index contributed by atoms with van der Waals surface area (Å²) >= 11 is 10.6. The van der Waals surface area contributed by atoms with Gasteiger partial charge >= 0.3 is 0 Å². The maximum atomic E-state index is 5.92. The first kappa shape index (κ1) is 21.0. The van der Waals surface area contributed by atoms with Crippen LogP contribution in [0.15, 0.2) is 42.1 Å². The smallest absolute Gasteiger partial charge is 0.158 e.